The first-order valence-corrected chi connectivity index (χ1v) is 5.59. The molecule has 0 radical (unpaired) electrons. The van der Waals surface area contributed by atoms with Crippen molar-refractivity contribution in [3.8, 4) is 0 Å². The van der Waals surface area contributed by atoms with Crippen molar-refractivity contribution in [1.29, 1.82) is 0 Å². The van der Waals surface area contributed by atoms with Gasteiger partial charge >= 0.3 is 0 Å². The Bertz CT molecular complexity index is 546. The smallest absolute Gasteiger partial charge is 0.254 e. The van der Waals surface area contributed by atoms with Gasteiger partial charge in [0.2, 0.25) is 0 Å². The number of nitrogens with two attached hydrogens (primary N) is 1. The van der Waals surface area contributed by atoms with E-state index in [0.717, 1.165) is 11.4 Å². The van der Waals surface area contributed by atoms with Crippen LogP contribution >= 0.6 is 0 Å². The zero-order valence-electron chi connectivity index (χ0n) is 9.91. The molecule has 3 heteroatoms. The predicted octanol–water partition coefficient (Wildman–Crippen LogP) is 3.12. The minimum atomic E-state index is -0.175. The number of anilines is 3. The van der Waals surface area contributed by atoms with E-state index in [-0.39, 0.29) is 5.91 Å². The third-order valence-electron chi connectivity index (χ3n) is 2.56. The molecule has 2 rings (SSSR count). The second-order valence-corrected chi connectivity index (χ2v) is 3.80. The molecular formula is C15H14N2O. The maximum atomic E-state index is 12.0. The van der Waals surface area contributed by atoms with Crippen molar-refractivity contribution >= 4 is 23.0 Å². The number of nitrogen functional groups attached to an aromatic ring is 1. The van der Waals surface area contributed by atoms with E-state index >= 15 is 0 Å². The number of rotatable bonds is 3. The molecule has 0 unspecified atom stereocenters. The van der Waals surface area contributed by atoms with Crippen LogP contribution in [0, 0.1) is 0 Å². The molecule has 0 spiro atoms. The molecule has 2 aromatic rings. The molecule has 2 aromatic carbocycles. The van der Waals surface area contributed by atoms with Crippen LogP contribution < -0.4 is 10.6 Å². The van der Waals surface area contributed by atoms with Crippen molar-refractivity contribution in [3.63, 3.8) is 0 Å². The van der Waals surface area contributed by atoms with Crippen LogP contribution in [0.25, 0.3) is 0 Å². The quantitative estimate of drug-likeness (QED) is 0.659. The molecule has 2 N–H and O–H groups in total. The molecule has 0 aliphatic heterocycles. The van der Waals surface area contributed by atoms with Gasteiger partial charge in [0, 0.05) is 17.1 Å². The van der Waals surface area contributed by atoms with E-state index in [0.29, 0.717) is 5.69 Å². The lowest BCUT2D eigenvalue weighted by Gasteiger charge is -2.21. The number of nitrogens with zero attached hydrogens (tertiary/aromatic N) is 1. The second kappa shape index (κ2) is 5.19. The van der Waals surface area contributed by atoms with Gasteiger partial charge in [0.1, 0.15) is 0 Å². The van der Waals surface area contributed by atoms with Crippen LogP contribution in [0.2, 0.25) is 0 Å². The van der Waals surface area contributed by atoms with E-state index in [1.54, 1.807) is 17.0 Å². The molecule has 0 atom stereocenters. The Morgan fingerprint density at radius 3 is 2.11 bits per heavy atom. The summed E-state index contributed by atoms with van der Waals surface area (Å²) in [6.07, 6.45) is 1.29. The van der Waals surface area contributed by atoms with Gasteiger partial charge in [-0.15, -0.1) is 0 Å². The highest BCUT2D eigenvalue weighted by Crippen LogP contribution is 2.26. The van der Waals surface area contributed by atoms with Crippen molar-refractivity contribution in [2.75, 3.05) is 10.6 Å². The second-order valence-electron chi connectivity index (χ2n) is 3.80. The van der Waals surface area contributed by atoms with Crippen LogP contribution in [0.3, 0.4) is 0 Å². The van der Waals surface area contributed by atoms with E-state index in [1.807, 2.05) is 42.5 Å². The number of para-hydroxylation sites is 1. The number of benzene rings is 2. The van der Waals surface area contributed by atoms with Crippen LogP contribution in [-0.4, -0.2) is 5.91 Å². The van der Waals surface area contributed by atoms with Crippen molar-refractivity contribution in [3.05, 3.63) is 67.3 Å². The SMILES string of the molecule is C=CC(=O)N(c1ccccc1)c1ccc(N)cc1. The van der Waals surface area contributed by atoms with Crippen LogP contribution in [0.15, 0.2) is 67.3 Å². The molecule has 0 heterocycles. The van der Waals surface area contributed by atoms with Gasteiger partial charge in [0.15, 0.2) is 0 Å². The minimum absolute atomic E-state index is 0.175. The van der Waals surface area contributed by atoms with Gasteiger partial charge in [0.05, 0.1) is 0 Å². The summed E-state index contributed by atoms with van der Waals surface area (Å²) in [4.78, 5) is 13.6. The zero-order chi connectivity index (χ0) is 13.0. The molecule has 3 nitrogen and oxygen atoms in total. The number of hydrogen-bond acceptors (Lipinski definition) is 2. The fraction of sp³-hybridized carbons (Fsp3) is 0. The van der Waals surface area contributed by atoms with E-state index in [4.69, 9.17) is 5.73 Å². The molecule has 0 aliphatic carbocycles. The van der Waals surface area contributed by atoms with Gasteiger partial charge in [-0.25, -0.2) is 0 Å². The maximum Gasteiger partial charge on any atom is 0.254 e. The van der Waals surface area contributed by atoms with Gasteiger partial charge in [-0.1, -0.05) is 24.8 Å². The largest absolute Gasteiger partial charge is 0.399 e. The minimum Gasteiger partial charge on any atom is -0.399 e. The van der Waals surface area contributed by atoms with E-state index in [2.05, 4.69) is 6.58 Å². The Balaban J connectivity index is 2.46. The fourth-order valence-electron chi connectivity index (χ4n) is 1.70. The Kier molecular flexibility index (Phi) is 3.44. The zero-order valence-corrected chi connectivity index (χ0v) is 9.91. The topological polar surface area (TPSA) is 46.3 Å². The third kappa shape index (κ3) is 2.40. The molecule has 0 saturated heterocycles. The highest BCUT2D eigenvalue weighted by atomic mass is 16.2. The van der Waals surface area contributed by atoms with Crippen molar-refractivity contribution < 1.29 is 4.79 Å². The molecule has 0 aromatic heterocycles. The van der Waals surface area contributed by atoms with Crippen LogP contribution in [0.1, 0.15) is 0 Å². The summed E-state index contributed by atoms with van der Waals surface area (Å²) >= 11 is 0. The summed E-state index contributed by atoms with van der Waals surface area (Å²) in [6, 6.07) is 16.6. The third-order valence-corrected chi connectivity index (χ3v) is 2.56. The molecule has 18 heavy (non-hydrogen) atoms. The highest BCUT2D eigenvalue weighted by molar-refractivity contribution is 6.06. The lowest BCUT2D eigenvalue weighted by molar-refractivity contribution is -0.113. The van der Waals surface area contributed by atoms with E-state index in [9.17, 15) is 4.79 Å². The Labute approximate surface area is 106 Å². The molecule has 90 valence electrons. The van der Waals surface area contributed by atoms with Crippen LogP contribution in [-0.2, 0) is 4.79 Å². The first-order chi connectivity index (χ1) is 8.72. The Hall–Kier alpha value is -2.55. The molecule has 0 fully saturated rings. The summed E-state index contributed by atoms with van der Waals surface area (Å²) in [6.45, 7) is 3.53. The summed E-state index contributed by atoms with van der Waals surface area (Å²) in [5.41, 5.74) is 7.88. The van der Waals surface area contributed by atoms with Crippen molar-refractivity contribution in [2.45, 2.75) is 0 Å². The summed E-state index contributed by atoms with van der Waals surface area (Å²) in [5, 5.41) is 0. The summed E-state index contributed by atoms with van der Waals surface area (Å²) < 4.78 is 0. The van der Waals surface area contributed by atoms with Gasteiger partial charge in [-0.3, -0.25) is 9.69 Å². The molecule has 1 amide bonds. The van der Waals surface area contributed by atoms with Gasteiger partial charge in [-0.2, -0.15) is 0 Å². The molecule has 0 saturated carbocycles. The lowest BCUT2D eigenvalue weighted by atomic mass is 10.2. The van der Waals surface area contributed by atoms with Gasteiger partial charge in [-0.05, 0) is 42.5 Å². The average molecular weight is 238 g/mol. The van der Waals surface area contributed by atoms with Gasteiger partial charge < -0.3 is 5.73 Å². The highest BCUT2D eigenvalue weighted by Gasteiger charge is 2.14. The molecular weight excluding hydrogens is 224 g/mol. The molecule has 0 bridgehead atoms. The Morgan fingerprint density at radius 1 is 1.00 bits per heavy atom. The van der Waals surface area contributed by atoms with Crippen molar-refractivity contribution in [2.24, 2.45) is 0 Å². The van der Waals surface area contributed by atoms with E-state index < -0.39 is 0 Å². The Morgan fingerprint density at radius 2 is 1.56 bits per heavy atom. The standard InChI is InChI=1S/C15H14N2O/c1-2-15(18)17(13-6-4-3-5-7-13)14-10-8-12(16)9-11-14/h2-11H,1,16H2. The first kappa shape index (κ1) is 11.9. The van der Waals surface area contributed by atoms with Crippen molar-refractivity contribution in [1.82, 2.24) is 0 Å². The lowest BCUT2D eigenvalue weighted by Crippen LogP contribution is -2.23. The normalized spacial score (nSPS) is 9.78. The van der Waals surface area contributed by atoms with Crippen LogP contribution in [0.5, 0.6) is 0 Å². The number of amides is 1. The number of carbonyl (C=O) groups is 1. The fourth-order valence-corrected chi connectivity index (χ4v) is 1.70. The number of hydrogen-bond donors (Lipinski definition) is 1. The first-order valence-electron chi connectivity index (χ1n) is 5.59. The van der Waals surface area contributed by atoms with Gasteiger partial charge in [0.25, 0.3) is 5.91 Å². The summed E-state index contributed by atoms with van der Waals surface area (Å²) in [7, 11) is 0. The molecule has 0 aliphatic rings. The average Bonchev–Trinajstić information content (AvgIpc) is 2.42. The van der Waals surface area contributed by atoms with Crippen LogP contribution in [0.4, 0.5) is 17.1 Å². The van der Waals surface area contributed by atoms with E-state index in [1.165, 1.54) is 6.08 Å². The summed E-state index contributed by atoms with van der Waals surface area (Å²) in [5.74, 6) is -0.175. The maximum absolute atomic E-state index is 12.0. The number of carbonyl (C=O) groups excluding carboxylic acids is 1. The predicted molar refractivity (Wildman–Crippen MR) is 74.6 cm³/mol. The monoisotopic (exact) mass is 238 g/mol.